The molecule has 1 amide bonds. The van der Waals surface area contributed by atoms with Crippen LogP contribution in [0, 0.1) is 11.3 Å². The summed E-state index contributed by atoms with van der Waals surface area (Å²) in [6, 6.07) is 6.89. The fraction of sp³-hybridized carbons (Fsp3) is 0.333. The van der Waals surface area contributed by atoms with Crippen LogP contribution in [0.1, 0.15) is 5.56 Å². The number of hydrogen-bond donors (Lipinski definition) is 0. The SMILES string of the molecule is COc1ccc(Cl)cc1CCN(C)C(=O)C#N. The zero-order chi connectivity index (χ0) is 12.8. The number of nitriles is 1. The van der Waals surface area contributed by atoms with Gasteiger partial charge in [0.2, 0.25) is 0 Å². The number of nitrogens with zero attached hydrogens (tertiary/aromatic N) is 2. The van der Waals surface area contributed by atoms with Gasteiger partial charge in [-0.3, -0.25) is 4.79 Å². The number of benzene rings is 1. The van der Waals surface area contributed by atoms with Crippen LogP contribution >= 0.6 is 11.6 Å². The minimum atomic E-state index is -0.550. The summed E-state index contributed by atoms with van der Waals surface area (Å²) in [5.41, 5.74) is 0.914. The number of hydrogen-bond acceptors (Lipinski definition) is 3. The number of likely N-dealkylation sites (N-methyl/N-ethyl adjacent to an activating group) is 1. The van der Waals surface area contributed by atoms with E-state index in [1.54, 1.807) is 38.4 Å². The highest BCUT2D eigenvalue weighted by Crippen LogP contribution is 2.23. The Morgan fingerprint density at radius 1 is 1.59 bits per heavy atom. The van der Waals surface area contributed by atoms with Gasteiger partial charge in [0.05, 0.1) is 7.11 Å². The molecule has 4 nitrogen and oxygen atoms in total. The van der Waals surface area contributed by atoms with Crippen LogP contribution in [0.5, 0.6) is 5.75 Å². The van der Waals surface area contributed by atoms with Gasteiger partial charge in [-0.25, -0.2) is 0 Å². The van der Waals surface area contributed by atoms with Crippen molar-refractivity contribution in [1.82, 2.24) is 4.90 Å². The van der Waals surface area contributed by atoms with E-state index in [0.29, 0.717) is 18.0 Å². The van der Waals surface area contributed by atoms with Crippen molar-refractivity contribution in [2.24, 2.45) is 0 Å². The monoisotopic (exact) mass is 252 g/mol. The molecule has 0 fully saturated rings. The molecule has 0 N–H and O–H groups in total. The lowest BCUT2D eigenvalue weighted by Crippen LogP contribution is -2.27. The minimum Gasteiger partial charge on any atom is -0.496 e. The predicted octanol–water partition coefficient (Wildman–Crippen LogP) is 1.87. The summed E-state index contributed by atoms with van der Waals surface area (Å²) in [4.78, 5) is 12.4. The number of ether oxygens (including phenoxy) is 1. The standard InChI is InChI=1S/C12H13ClN2O2/c1-15(12(16)8-14)6-5-9-7-10(13)3-4-11(9)17-2/h3-4,7H,5-6H2,1-2H3. The maximum atomic E-state index is 11.1. The summed E-state index contributed by atoms with van der Waals surface area (Å²) in [5, 5.41) is 9.08. The van der Waals surface area contributed by atoms with Gasteiger partial charge in [0.1, 0.15) is 5.75 Å². The summed E-state index contributed by atoms with van der Waals surface area (Å²) >= 11 is 5.89. The highest BCUT2D eigenvalue weighted by atomic mass is 35.5. The average molecular weight is 253 g/mol. The van der Waals surface area contributed by atoms with Gasteiger partial charge in [0.25, 0.3) is 0 Å². The van der Waals surface area contributed by atoms with E-state index in [9.17, 15) is 4.79 Å². The quantitative estimate of drug-likeness (QED) is 0.769. The second-order valence-electron chi connectivity index (χ2n) is 3.54. The molecule has 0 heterocycles. The molecule has 0 aromatic heterocycles. The van der Waals surface area contributed by atoms with E-state index in [0.717, 1.165) is 11.3 Å². The van der Waals surface area contributed by atoms with Crippen molar-refractivity contribution < 1.29 is 9.53 Å². The van der Waals surface area contributed by atoms with Crippen molar-refractivity contribution in [3.8, 4) is 11.8 Å². The summed E-state index contributed by atoms with van der Waals surface area (Å²) in [6.07, 6.45) is 0.591. The first-order valence-corrected chi connectivity index (χ1v) is 5.44. The number of halogens is 1. The van der Waals surface area contributed by atoms with E-state index in [2.05, 4.69) is 0 Å². The Kier molecular flexibility index (Phi) is 4.80. The molecule has 1 aromatic carbocycles. The van der Waals surface area contributed by atoms with Crippen LogP contribution in [0.3, 0.4) is 0 Å². The minimum absolute atomic E-state index is 0.448. The Labute approximate surface area is 105 Å². The van der Waals surface area contributed by atoms with E-state index in [4.69, 9.17) is 21.6 Å². The molecule has 0 atom stereocenters. The van der Waals surface area contributed by atoms with Crippen molar-refractivity contribution in [3.05, 3.63) is 28.8 Å². The van der Waals surface area contributed by atoms with E-state index in [-0.39, 0.29) is 0 Å². The molecule has 1 rings (SSSR count). The Bertz CT molecular complexity index is 454. The Hall–Kier alpha value is -1.73. The third-order valence-electron chi connectivity index (χ3n) is 2.40. The molecular formula is C12H13ClN2O2. The van der Waals surface area contributed by atoms with Crippen LogP contribution in [-0.4, -0.2) is 31.5 Å². The maximum absolute atomic E-state index is 11.1. The Balaban J connectivity index is 2.72. The zero-order valence-electron chi connectivity index (χ0n) is 9.74. The van der Waals surface area contributed by atoms with E-state index < -0.39 is 5.91 Å². The van der Waals surface area contributed by atoms with E-state index in [1.807, 2.05) is 0 Å². The molecule has 1 aromatic rings. The molecule has 90 valence electrons. The highest BCUT2D eigenvalue weighted by molar-refractivity contribution is 6.30. The molecule has 0 radical (unpaired) electrons. The second-order valence-corrected chi connectivity index (χ2v) is 3.98. The number of carbonyl (C=O) groups is 1. The lowest BCUT2D eigenvalue weighted by molar-refractivity contribution is -0.124. The lowest BCUT2D eigenvalue weighted by Gasteiger charge is -2.14. The van der Waals surface area contributed by atoms with Crippen molar-refractivity contribution in [1.29, 1.82) is 5.26 Å². The lowest BCUT2D eigenvalue weighted by atomic mass is 10.1. The van der Waals surface area contributed by atoms with Gasteiger partial charge in [0, 0.05) is 18.6 Å². The fourth-order valence-corrected chi connectivity index (χ4v) is 1.61. The molecule has 0 saturated carbocycles. The molecule has 0 spiro atoms. The average Bonchev–Trinajstić information content (AvgIpc) is 2.35. The number of rotatable bonds is 4. The van der Waals surface area contributed by atoms with Crippen LogP contribution in [0.4, 0.5) is 0 Å². The van der Waals surface area contributed by atoms with Crippen molar-refractivity contribution >= 4 is 17.5 Å². The molecule has 0 bridgehead atoms. The Morgan fingerprint density at radius 3 is 2.88 bits per heavy atom. The molecule has 5 heteroatoms. The van der Waals surface area contributed by atoms with Gasteiger partial charge in [-0.1, -0.05) is 11.6 Å². The molecular weight excluding hydrogens is 240 g/mol. The van der Waals surface area contributed by atoms with Crippen molar-refractivity contribution in [2.45, 2.75) is 6.42 Å². The highest BCUT2D eigenvalue weighted by Gasteiger charge is 2.09. The van der Waals surface area contributed by atoms with Gasteiger partial charge in [-0.15, -0.1) is 0 Å². The third kappa shape index (κ3) is 3.65. The third-order valence-corrected chi connectivity index (χ3v) is 2.64. The molecule has 0 aliphatic rings. The van der Waals surface area contributed by atoms with Gasteiger partial charge >= 0.3 is 5.91 Å². The number of carbonyl (C=O) groups excluding carboxylic acids is 1. The molecule has 17 heavy (non-hydrogen) atoms. The first-order valence-electron chi connectivity index (χ1n) is 5.06. The normalized spacial score (nSPS) is 9.53. The largest absolute Gasteiger partial charge is 0.496 e. The molecule has 0 unspecified atom stereocenters. The molecule has 0 aliphatic heterocycles. The van der Waals surface area contributed by atoms with Crippen LogP contribution in [-0.2, 0) is 11.2 Å². The van der Waals surface area contributed by atoms with Crippen LogP contribution in [0.25, 0.3) is 0 Å². The number of amides is 1. The van der Waals surface area contributed by atoms with Crippen LogP contribution < -0.4 is 4.74 Å². The second kappa shape index (κ2) is 6.12. The predicted molar refractivity (Wildman–Crippen MR) is 65.0 cm³/mol. The van der Waals surface area contributed by atoms with Crippen molar-refractivity contribution in [3.63, 3.8) is 0 Å². The zero-order valence-corrected chi connectivity index (χ0v) is 10.5. The Morgan fingerprint density at radius 2 is 2.29 bits per heavy atom. The first kappa shape index (κ1) is 13.3. The van der Waals surface area contributed by atoms with Crippen LogP contribution in [0.15, 0.2) is 18.2 Å². The maximum Gasteiger partial charge on any atom is 0.324 e. The van der Waals surface area contributed by atoms with E-state index in [1.165, 1.54) is 4.90 Å². The van der Waals surface area contributed by atoms with Gasteiger partial charge < -0.3 is 9.64 Å². The smallest absolute Gasteiger partial charge is 0.324 e. The topological polar surface area (TPSA) is 53.3 Å². The fourth-order valence-electron chi connectivity index (χ4n) is 1.42. The summed E-state index contributed by atoms with van der Waals surface area (Å²) in [5.74, 6) is 0.179. The van der Waals surface area contributed by atoms with Crippen molar-refractivity contribution in [2.75, 3.05) is 20.7 Å². The summed E-state index contributed by atoms with van der Waals surface area (Å²) in [7, 11) is 3.17. The molecule has 0 saturated heterocycles. The summed E-state index contributed by atoms with van der Waals surface area (Å²) in [6.45, 7) is 0.448. The van der Waals surface area contributed by atoms with Gasteiger partial charge in [-0.05, 0) is 30.2 Å². The van der Waals surface area contributed by atoms with Gasteiger partial charge in [0.15, 0.2) is 6.07 Å². The summed E-state index contributed by atoms with van der Waals surface area (Å²) < 4.78 is 5.19. The van der Waals surface area contributed by atoms with E-state index >= 15 is 0 Å². The van der Waals surface area contributed by atoms with Gasteiger partial charge in [-0.2, -0.15) is 5.26 Å². The van der Waals surface area contributed by atoms with Crippen LogP contribution in [0.2, 0.25) is 5.02 Å². The number of methoxy groups -OCH3 is 1. The first-order chi connectivity index (χ1) is 8.08. The molecule has 0 aliphatic carbocycles.